The van der Waals surface area contributed by atoms with E-state index < -0.39 is 0 Å². The van der Waals surface area contributed by atoms with E-state index in [4.69, 9.17) is 12.2 Å². The van der Waals surface area contributed by atoms with Gasteiger partial charge in [0.1, 0.15) is 4.32 Å². The number of thiocarbonyl (C=S) groups is 1. The Morgan fingerprint density at radius 2 is 2.00 bits per heavy atom. The van der Waals surface area contributed by atoms with Gasteiger partial charge in [0.25, 0.3) is 0 Å². The number of nitrogens with zero attached hydrogens (tertiary/aromatic N) is 2. The number of rotatable bonds is 3. The maximum absolute atomic E-state index is 5.43. The molecule has 0 amide bonds. The zero-order valence-electron chi connectivity index (χ0n) is 10.0. The van der Waals surface area contributed by atoms with Crippen LogP contribution in [0.25, 0.3) is 0 Å². The zero-order chi connectivity index (χ0) is 11.3. The summed E-state index contributed by atoms with van der Waals surface area (Å²) in [6.45, 7) is 5.76. The lowest BCUT2D eigenvalue weighted by atomic mass is 10.00. The second-order valence-corrected chi connectivity index (χ2v) is 6.32. The Morgan fingerprint density at radius 1 is 1.40 bits per heavy atom. The molecule has 1 rings (SSSR count). The van der Waals surface area contributed by atoms with Gasteiger partial charge < -0.3 is 9.80 Å². The van der Waals surface area contributed by atoms with Crippen LogP contribution < -0.4 is 0 Å². The third-order valence-electron chi connectivity index (χ3n) is 2.81. The van der Waals surface area contributed by atoms with Crippen molar-refractivity contribution in [3.8, 4) is 0 Å². The molecule has 0 N–H and O–H groups in total. The normalized spacial score (nSPS) is 18.5. The van der Waals surface area contributed by atoms with Crippen LogP contribution in [0.5, 0.6) is 0 Å². The second kappa shape index (κ2) is 6.71. The summed E-state index contributed by atoms with van der Waals surface area (Å²) < 4.78 is 1.10. The van der Waals surface area contributed by atoms with Crippen molar-refractivity contribution in [3.05, 3.63) is 0 Å². The SMILES string of the molecule is CC1CCN(C(=S)SCCN(C)C)CC1. The average molecular weight is 246 g/mol. The Kier molecular flexibility index (Phi) is 5.94. The molecule has 4 heteroatoms. The quantitative estimate of drug-likeness (QED) is 0.705. The first kappa shape index (κ1) is 13.3. The van der Waals surface area contributed by atoms with Crippen LogP contribution in [0.3, 0.4) is 0 Å². The second-order valence-electron chi connectivity index (χ2n) is 4.59. The molecule has 15 heavy (non-hydrogen) atoms. The minimum absolute atomic E-state index is 0.885. The van der Waals surface area contributed by atoms with Crippen molar-refractivity contribution in [3.63, 3.8) is 0 Å². The number of hydrogen-bond donors (Lipinski definition) is 0. The highest BCUT2D eigenvalue weighted by Gasteiger charge is 2.17. The summed E-state index contributed by atoms with van der Waals surface area (Å²) >= 11 is 7.26. The Labute approximate surface area is 103 Å². The van der Waals surface area contributed by atoms with Crippen LogP contribution in [0.15, 0.2) is 0 Å². The van der Waals surface area contributed by atoms with E-state index in [1.807, 2.05) is 11.8 Å². The number of hydrogen-bond acceptors (Lipinski definition) is 3. The number of thioether (sulfide) groups is 1. The lowest BCUT2D eigenvalue weighted by Crippen LogP contribution is -2.35. The van der Waals surface area contributed by atoms with E-state index in [9.17, 15) is 0 Å². The van der Waals surface area contributed by atoms with Crippen molar-refractivity contribution in [1.82, 2.24) is 9.80 Å². The first-order valence-electron chi connectivity index (χ1n) is 5.66. The molecular weight excluding hydrogens is 224 g/mol. The summed E-state index contributed by atoms with van der Waals surface area (Å²) in [4.78, 5) is 4.57. The van der Waals surface area contributed by atoms with E-state index in [-0.39, 0.29) is 0 Å². The van der Waals surface area contributed by atoms with E-state index in [2.05, 4.69) is 30.8 Å². The van der Waals surface area contributed by atoms with Crippen LogP contribution in [0.1, 0.15) is 19.8 Å². The third-order valence-corrected chi connectivity index (χ3v) is 4.31. The predicted molar refractivity (Wildman–Crippen MR) is 73.6 cm³/mol. The first-order valence-corrected chi connectivity index (χ1v) is 7.05. The van der Waals surface area contributed by atoms with Gasteiger partial charge in [0.2, 0.25) is 0 Å². The lowest BCUT2D eigenvalue weighted by Gasteiger charge is -2.31. The third kappa shape index (κ3) is 5.18. The smallest absolute Gasteiger partial charge is 0.136 e. The van der Waals surface area contributed by atoms with Gasteiger partial charge in [0, 0.05) is 25.4 Å². The molecule has 0 unspecified atom stereocenters. The van der Waals surface area contributed by atoms with E-state index in [0.717, 1.165) is 35.6 Å². The molecule has 1 heterocycles. The maximum atomic E-state index is 5.43. The summed E-state index contributed by atoms with van der Waals surface area (Å²) in [7, 11) is 4.21. The molecule has 0 bridgehead atoms. The average Bonchev–Trinajstić information content (AvgIpc) is 2.18. The molecule has 0 aromatic rings. The number of piperidine rings is 1. The molecule has 0 spiro atoms. The fraction of sp³-hybridized carbons (Fsp3) is 0.909. The summed E-state index contributed by atoms with van der Waals surface area (Å²) in [6, 6.07) is 0. The van der Waals surface area contributed by atoms with Gasteiger partial charge in [0.15, 0.2) is 0 Å². The van der Waals surface area contributed by atoms with Crippen molar-refractivity contribution < 1.29 is 0 Å². The molecule has 0 radical (unpaired) electrons. The summed E-state index contributed by atoms with van der Waals surface area (Å²) in [5.74, 6) is 1.99. The molecule has 0 aromatic carbocycles. The predicted octanol–water partition coefficient (Wildman–Crippen LogP) is 2.30. The summed E-state index contributed by atoms with van der Waals surface area (Å²) in [5, 5.41) is 0. The maximum Gasteiger partial charge on any atom is 0.136 e. The molecule has 1 fully saturated rings. The van der Waals surface area contributed by atoms with Gasteiger partial charge in [-0.1, -0.05) is 30.9 Å². The topological polar surface area (TPSA) is 6.48 Å². The van der Waals surface area contributed by atoms with Gasteiger partial charge >= 0.3 is 0 Å². The lowest BCUT2D eigenvalue weighted by molar-refractivity contribution is 0.287. The first-order chi connectivity index (χ1) is 7.09. The molecule has 1 aliphatic heterocycles. The zero-order valence-corrected chi connectivity index (χ0v) is 11.7. The fourth-order valence-corrected chi connectivity index (χ4v) is 3.03. The van der Waals surface area contributed by atoms with E-state index in [1.165, 1.54) is 12.8 Å². The highest BCUT2D eigenvalue weighted by molar-refractivity contribution is 8.22. The summed E-state index contributed by atoms with van der Waals surface area (Å²) in [6.07, 6.45) is 2.60. The standard InChI is InChI=1S/C11H22N2S2/c1-10-4-6-13(7-5-10)11(14)15-9-8-12(2)3/h10H,4-9H2,1-3H3. The monoisotopic (exact) mass is 246 g/mol. The molecule has 1 saturated heterocycles. The van der Waals surface area contributed by atoms with Gasteiger partial charge in [-0.05, 0) is 32.9 Å². The molecule has 0 atom stereocenters. The molecule has 0 aliphatic carbocycles. The molecule has 2 nitrogen and oxygen atoms in total. The molecular formula is C11H22N2S2. The minimum Gasteiger partial charge on any atom is -0.358 e. The Hall–Kier alpha value is 0.200. The highest BCUT2D eigenvalue weighted by Crippen LogP contribution is 2.19. The van der Waals surface area contributed by atoms with Gasteiger partial charge in [-0.15, -0.1) is 0 Å². The van der Waals surface area contributed by atoms with Crippen LogP contribution in [-0.4, -0.2) is 53.6 Å². The number of likely N-dealkylation sites (tertiary alicyclic amines) is 1. The Morgan fingerprint density at radius 3 is 2.53 bits per heavy atom. The summed E-state index contributed by atoms with van der Waals surface area (Å²) in [5.41, 5.74) is 0. The Balaban J connectivity index is 2.17. The van der Waals surface area contributed by atoms with Crippen molar-refractivity contribution in [2.75, 3.05) is 39.5 Å². The van der Waals surface area contributed by atoms with Crippen molar-refractivity contribution in [2.45, 2.75) is 19.8 Å². The minimum atomic E-state index is 0.885. The van der Waals surface area contributed by atoms with Crippen LogP contribution in [-0.2, 0) is 0 Å². The van der Waals surface area contributed by atoms with Gasteiger partial charge in [-0.25, -0.2) is 0 Å². The van der Waals surface area contributed by atoms with Gasteiger partial charge in [-0.3, -0.25) is 0 Å². The van der Waals surface area contributed by atoms with Crippen molar-refractivity contribution >= 4 is 28.3 Å². The Bertz CT molecular complexity index is 199. The van der Waals surface area contributed by atoms with Gasteiger partial charge in [0.05, 0.1) is 0 Å². The highest BCUT2D eigenvalue weighted by atomic mass is 32.2. The molecule has 0 saturated carbocycles. The van der Waals surface area contributed by atoms with Crippen LogP contribution in [0.2, 0.25) is 0 Å². The molecule has 88 valence electrons. The van der Waals surface area contributed by atoms with Gasteiger partial charge in [-0.2, -0.15) is 0 Å². The molecule has 0 aromatic heterocycles. The van der Waals surface area contributed by atoms with Crippen molar-refractivity contribution in [2.24, 2.45) is 5.92 Å². The van der Waals surface area contributed by atoms with E-state index in [0.29, 0.717) is 0 Å². The van der Waals surface area contributed by atoms with E-state index in [1.54, 1.807) is 0 Å². The van der Waals surface area contributed by atoms with E-state index >= 15 is 0 Å². The molecule has 1 aliphatic rings. The fourth-order valence-electron chi connectivity index (χ4n) is 1.60. The van der Waals surface area contributed by atoms with Crippen LogP contribution in [0, 0.1) is 5.92 Å². The van der Waals surface area contributed by atoms with Crippen LogP contribution >= 0.6 is 24.0 Å². The van der Waals surface area contributed by atoms with Crippen molar-refractivity contribution in [1.29, 1.82) is 0 Å². The van der Waals surface area contributed by atoms with Crippen LogP contribution in [0.4, 0.5) is 0 Å². The largest absolute Gasteiger partial charge is 0.358 e.